The summed E-state index contributed by atoms with van der Waals surface area (Å²) in [6, 6.07) is 14.8. The zero-order chi connectivity index (χ0) is 27.0. The predicted octanol–water partition coefficient (Wildman–Crippen LogP) is 1.43. The lowest BCUT2D eigenvalue weighted by molar-refractivity contribution is -0.148. The van der Waals surface area contributed by atoms with E-state index in [1.807, 2.05) is 12.1 Å². The van der Waals surface area contributed by atoms with Crippen molar-refractivity contribution in [1.29, 1.82) is 0 Å². The molecule has 37 heavy (non-hydrogen) atoms. The first-order valence-corrected chi connectivity index (χ1v) is 12.2. The molecular weight excluding hydrogens is 472 g/mol. The number of morpholine rings is 1. The van der Waals surface area contributed by atoms with E-state index < -0.39 is 23.3 Å². The Hall–Kier alpha value is -3.71. The summed E-state index contributed by atoms with van der Waals surface area (Å²) in [4.78, 5) is 40.9. The van der Waals surface area contributed by atoms with Gasteiger partial charge in [-0.1, -0.05) is 24.0 Å². The number of nitrogens with one attached hydrogen (secondary N) is 2. The Balaban J connectivity index is 1.62. The number of hydroxylamine groups is 1. The van der Waals surface area contributed by atoms with Gasteiger partial charge in [-0.05, 0) is 62.2 Å². The molecule has 196 valence electrons. The number of carbonyl (C=O) groups is 3. The Morgan fingerprint density at radius 2 is 1.68 bits per heavy atom. The lowest BCUT2D eigenvalue weighted by Crippen LogP contribution is -2.64. The quantitative estimate of drug-likeness (QED) is 0.227. The Labute approximate surface area is 217 Å². The molecule has 2 atom stereocenters. The van der Waals surface area contributed by atoms with Crippen LogP contribution < -0.4 is 10.8 Å². The van der Waals surface area contributed by atoms with Crippen LogP contribution in [-0.2, 0) is 20.7 Å². The largest absolute Gasteiger partial charge is 0.376 e. The first-order chi connectivity index (χ1) is 17.7. The SMILES string of the molecule is CNC(=O)[C@@](C)(C(=O)NO)N(C)C(=O)c1ccc(C#Cc2ccc(CCN3CCOC(C)C3)cc2)cc1. The molecule has 9 nitrogen and oxygen atoms in total. The average Bonchev–Trinajstić information content (AvgIpc) is 2.93. The fourth-order valence-corrected chi connectivity index (χ4v) is 4.13. The van der Waals surface area contributed by atoms with Crippen molar-refractivity contribution in [3.05, 3.63) is 70.8 Å². The van der Waals surface area contributed by atoms with E-state index in [0.717, 1.165) is 43.1 Å². The average molecular weight is 507 g/mol. The first-order valence-electron chi connectivity index (χ1n) is 12.2. The van der Waals surface area contributed by atoms with E-state index in [-0.39, 0.29) is 11.7 Å². The maximum atomic E-state index is 13.0. The number of hydrogen-bond donors (Lipinski definition) is 3. The molecule has 9 heteroatoms. The molecule has 1 saturated heterocycles. The second kappa shape index (κ2) is 12.5. The van der Waals surface area contributed by atoms with Crippen molar-refractivity contribution in [2.24, 2.45) is 0 Å². The van der Waals surface area contributed by atoms with E-state index in [1.54, 1.807) is 24.3 Å². The molecule has 2 aromatic carbocycles. The van der Waals surface area contributed by atoms with Crippen LogP contribution in [0.1, 0.15) is 40.9 Å². The minimum absolute atomic E-state index is 0.271. The third-order valence-corrected chi connectivity index (χ3v) is 6.67. The van der Waals surface area contributed by atoms with Crippen molar-refractivity contribution in [1.82, 2.24) is 20.6 Å². The Morgan fingerprint density at radius 1 is 1.08 bits per heavy atom. The number of rotatable bonds is 7. The van der Waals surface area contributed by atoms with Crippen LogP contribution in [0, 0.1) is 11.8 Å². The molecule has 2 aromatic rings. The topological polar surface area (TPSA) is 111 Å². The molecule has 1 aliphatic rings. The van der Waals surface area contributed by atoms with Gasteiger partial charge in [-0.3, -0.25) is 24.5 Å². The monoisotopic (exact) mass is 506 g/mol. The van der Waals surface area contributed by atoms with Crippen LogP contribution in [0.3, 0.4) is 0 Å². The Kier molecular flexibility index (Phi) is 9.42. The number of benzene rings is 2. The van der Waals surface area contributed by atoms with Crippen molar-refractivity contribution in [3.8, 4) is 11.8 Å². The van der Waals surface area contributed by atoms with Crippen molar-refractivity contribution in [2.75, 3.05) is 40.3 Å². The molecule has 0 spiro atoms. The van der Waals surface area contributed by atoms with Gasteiger partial charge < -0.3 is 15.0 Å². The second-order valence-corrected chi connectivity index (χ2v) is 9.21. The molecule has 3 N–H and O–H groups in total. The van der Waals surface area contributed by atoms with Gasteiger partial charge in [0.2, 0.25) is 0 Å². The van der Waals surface area contributed by atoms with Gasteiger partial charge in [0, 0.05) is 50.4 Å². The van der Waals surface area contributed by atoms with E-state index >= 15 is 0 Å². The Bertz CT molecular complexity index is 1150. The number of hydrogen-bond acceptors (Lipinski definition) is 6. The highest BCUT2D eigenvalue weighted by atomic mass is 16.5. The van der Waals surface area contributed by atoms with Gasteiger partial charge in [-0.2, -0.15) is 0 Å². The minimum Gasteiger partial charge on any atom is -0.376 e. The summed E-state index contributed by atoms with van der Waals surface area (Å²) in [5, 5.41) is 11.4. The van der Waals surface area contributed by atoms with Gasteiger partial charge in [0.05, 0.1) is 12.7 Å². The molecule has 3 amide bonds. The standard InChI is InChI=1S/C28H34N4O5/c1-20-19-32(17-18-37-20)16-15-23-9-7-21(8-10-23)5-6-22-11-13-24(14-12-22)25(33)31(4)28(2,26(34)29-3)27(35)30-36/h7-14,20,36H,15-19H2,1-4H3,(H,29,34)(H,30,35)/t20?,28-/m0/s1. The molecule has 0 radical (unpaired) electrons. The highest BCUT2D eigenvalue weighted by molar-refractivity contribution is 6.12. The van der Waals surface area contributed by atoms with Crippen molar-refractivity contribution >= 4 is 17.7 Å². The van der Waals surface area contributed by atoms with E-state index in [1.165, 1.54) is 32.1 Å². The molecule has 1 aliphatic heterocycles. The van der Waals surface area contributed by atoms with Crippen LogP contribution in [0.25, 0.3) is 0 Å². The van der Waals surface area contributed by atoms with E-state index in [4.69, 9.17) is 9.94 Å². The smallest absolute Gasteiger partial charge is 0.278 e. The number of nitrogens with zero attached hydrogens (tertiary/aromatic N) is 2. The van der Waals surface area contributed by atoms with Crippen LogP contribution in [0.15, 0.2) is 48.5 Å². The molecule has 1 unspecified atom stereocenters. The molecular formula is C28H34N4O5. The number of carbonyl (C=O) groups excluding carboxylic acids is 3. The van der Waals surface area contributed by atoms with E-state index in [9.17, 15) is 14.4 Å². The van der Waals surface area contributed by atoms with E-state index in [0.29, 0.717) is 5.56 Å². The summed E-state index contributed by atoms with van der Waals surface area (Å²) in [7, 11) is 2.67. The van der Waals surface area contributed by atoms with Gasteiger partial charge in [-0.25, -0.2) is 5.48 Å². The van der Waals surface area contributed by atoms with Crippen LogP contribution in [0.5, 0.6) is 0 Å². The molecule has 3 rings (SSSR count). The minimum atomic E-state index is -1.94. The normalized spacial score (nSPS) is 17.1. The van der Waals surface area contributed by atoms with Crippen molar-refractivity contribution < 1.29 is 24.3 Å². The highest BCUT2D eigenvalue weighted by Crippen LogP contribution is 2.18. The third kappa shape index (κ3) is 6.74. The molecule has 1 fully saturated rings. The summed E-state index contributed by atoms with van der Waals surface area (Å²) in [5.41, 5.74) is 2.65. The van der Waals surface area contributed by atoms with Crippen LogP contribution in [0.2, 0.25) is 0 Å². The first kappa shape index (κ1) is 27.9. The second-order valence-electron chi connectivity index (χ2n) is 9.21. The molecule has 0 aromatic heterocycles. The maximum Gasteiger partial charge on any atom is 0.278 e. The molecule has 0 bridgehead atoms. The summed E-state index contributed by atoms with van der Waals surface area (Å²) < 4.78 is 5.59. The lowest BCUT2D eigenvalue weighted by atomic mass is 9.96. The van der Waals surface area contributed by atoms with Crippen LogP contribution >= 0.6 is 0 Å². The molecule has 0 aliphatic carbocycles. The van der Waals surface area contributed by atoms with Gasteiger partial charge in [-0.15, -0.1) is 0 Å². The summed E-state index contributed by atoms with van der Waals surface area (Å²) in [5.74, 6) is 3.91. The fourth-order valence-electron chi connectivity index (χ4n) is 4.13. The zero-order valence-corrected chi connectivity index (χ0v) is 21.7. The van der Waals surface area contributed by atoms with Crippen LogP contribution in [-0.4, -0.2) is 84.7 Å². The predicted molar refractivity (Wildman–Crippen MR) is 139 cm³/mol. The van der Waals surface area contributed by atoms with Gasteiger partial charge >= 0.3 is 0 Å². The number of likely N-dealkylation sites (N-methyl/N-ethyl adjacent to an activating group) is 2. The zero-order valence-electron chi connectivity index (χ0n) is 21.7. The van der Waals surface area contributed by atoms with Gasteiger partial charge in [0.25, 0.3) is 17.7 Å². The van der Waals surface area contributed by atoms with Crippen molar-refractivity contribution in [2.45, 2.75) is 31.9 Å². The molecule has 0 saturated carbocycles. The fraction of sp³-hybridized carbons (Fsp3) is 0.393. The van der Waals surface area contributed by atoms with Crippen LogP contribution in [0.4, 0.5) is 0 Å². The van der Waals surface area contributed by atoms with E-state index in [2.05, 4.69) is 41.1 Å². The van der Waals surface area contributed by atoms with Gasteiger partial charge in [0.15, 0.2) is 5.54 Å². The highest BCUT2D eigenvalue weighted by Gasteiger charge is 2.47. The summed E-state index contributed by atoms with van der Waals surface area (Å²) in [6.45, 7) is 7.09. The number of ether oxygens (including phenoxy) is 1. The van der Waals surface area contributed by atoms with Crippen molar-refractivity contribution in [3.63, 3.8) is 0 Å². The Morgan fingerprint density at radius 3 is 2.22 bits per heavy atom. The maximum absolute atomic E-state index is 13.0. The molecule has 1 heterocycles. The summed E-state index contributed by atoms with van der Waals surface area (Å²) in [6.07, 6.45) is 1.26. The third-order valence-electron chi connectivity index (χ3n) is 6.67. The number of amides is 3. The lowest BCUT2D eigenvalue weighted by Gasteiger charge is -2.34. The summed E-state index contributed by atoms with van der Waals surface area (Å²) >= 11 is 0. The van der Waals surface area contributed by atoms with Gasteiger partial charge in [0.1, 0.15) is 0 Å².